The van der Waals surface area contributed by atoms with Crippen LogP contribution < -0.4 is 11.2 Å². The van der Waals surface area contributed by atoms with Gasteiger partial charge in [-0.15, -0.1) is 11.8 Å². The number of benzene rings is 1. The summed E-state index contributed by atoms with van der Waals surface area (Å²) in [6.07, 6.45) is 1.31. The van der Waals surface area contributed by atoms with Crippen LogP contribution in [0.1, 0.15) is 25.0 Å². The van der Waals surface area contributed by atoms with Crippen LogP contribution in [0.4, 0.5) is 0 Å². The number of hydrogen-bond acceptors (Lipinski definition) is 3. The zero-order valence-electron chi connectivity index (χ0n) is 9.19. The van der Waals surface area contributed by atoms with Crippen LogP contribution in [0, 0.1) is 0 Å². The molecule has 1 heterocycles. The normalized spacial score (nSPS) is 19.4. The largest absolute Gasteiger partial charge is 0.424 e. The Morgan fingerprint density at radius 3 is 3.00 bits per heavy atom. The zero-order valence-corrected chi connectivity index (χ0v) is 10.0. The Morgan fingerprint density at radius 2 is 2.33 bits per heavy atom. The van der Waals surface area contributed by atoms with E-state index >= 15 is 0 Å². The van der Waals surface area contributed by atoms with E-state index in [0.29, 0.717) is 5.88 Å². The number of rotatable bonds is 3. The molecule has 0 aliphatic carbocycles. The third-order valence-electron chi connectivity index (χ3n) is 2.83. The summed E-state index contributed by atoms with van der Waals surface area (Å²) in [6.45, 7) is 4.49. The van der Waals surface area contributed by atoms with Gasteiger partial charge in [0.2, 0.25) is 0 Å². The van der Waals surface area contributed by atoms with Crippen LogP contribution in [0.2, 0.25) is 6.82 Å². The molecule has 1 aromatic rings. The summed E-state index contributed by atoms with van der Waals surface area (Å²) >= 11 is 1.69. The Bertz CT molecular complexity index is 358. The third kappa shape index (κ3) is 1.94. The molecule has 0 fully saturated rings. The highest BCUT2D eigenvalue weighted by Crippen LogP contribution is 2.30. The van der Waals surface area contributed by atoms with Gasteiger partial charge in [0, 0.05) is 10.8 Å². The van der Waals surface area contributed by atoms with Crippen LogP contribution in [0.5, 0.6) is 0 Å². The second-order valence-electron chi connectivity index (χ2n) is 3.75. The fourth-order valence-electron chi connectivity index (χ4n) is 2.20. The Labute approximate surface area is 95.7 Å². The molecule has 0 amide bonds. The first-order valence-corrected chi connectivity index (χ1v) is 6.37. The minimum atomic E-state index is 0.209. The van der Waals surface area contributed by atoms with Crippen LogP contribution in [0.15, 0.2) is 23.1 Å². The maximum Gasteiger partial charge on any atom is 0.325 e. The van der Waals surface area contributed by atoms with Gasteiger partial charge in [-0.25, -0.2) is 0 Å². The molecule has 2 N–H and O–H groups in total. The highest BCUT2D eigenvalue weighted by Gasteiger charge is 2.32. The van der Waals surface area contributed by atoms with Crippen LogP contribution >= 0.6 is 11.8 Å². The quantitative estimate of drug-likeness (QED) is 0.481. The summed E-state index contributed by atoms with van der Waals surface area (Å²) in [5.74, 6) is 0.625. The van der Waals surface area contributed by atoms with Crippen LogP contribution in [0.3, 0.4) is 0 Å². The second-order valence-corrected chi connectivity index (χ2v) is 4.81. The molecule has 0 radical (unpaired) electrons. The summed E-state index contributed by atoms with van der Waals surface area (Å²) in [5, 5.41) is 0. The molecule has 0 aromatic heterocycles. The fourth-order valence-corrected chi connectivity index (χ4v) is 2.99. The molecule has 1 atom stereocenters. The van der Waals surface area contributed by atoms with Crippen molar-refractivity contribution in [2.24, 2.45) is 5.73 Å². The van der Waals surface area contributed by atoms with Crippen molar-refractivity contribution in [2.75, 3.05) is 5.88 Å². The van der Waals surface area contributed by atoms with Gasteiger partial charge in [0.1, 0.15) is 0 Å². The standard InChI is InChI=1S/C11H16BNOS/c1-3-9-8-5-4-6-10(15-7-13)11(8)12(2)14-9/h4-6,9H,3,7,13H2,1-2H3. The maximum absolute atomic E-state index is 5.91. The minimum absolute atomic E-state index is 0.209. The minimum Gasteiger partial charge on any atom is -0.424 e. The summed E-state index contributed by atoms with van der Waals surface area (Å²) < 4.78 is 5.91. The average molecular weight is 221 g/mol. The van der Waals surface area contributed by atoms with Gasteiger partial charge in [-0.1, -0.05) is 25.9 Å². The fraction of sp³-hybridized carbons (Fsp3) is 0.455. The molecule has 1 aliphatic heterocycles. The predicted octanol–water partition coefficient (Wildman–Crippen LogP) is 2.00. The third-order valence-corrected chi connectivity index (χ3v) is 3.66. The molecule has 0 saturated heterocycles. The number of thioether (sulfide) groups is 1. The SMILES string of the molecule is CCC1OB(C)c2c(SCN)cccc21. The van der Waals surface area contributed by atoms with Gasteiger partial charge in [-0.2, -0.15) is 0 Å². The van der Waals surface area contributed by atoms with E-state index in [9.17, 15) is 0 Å². The van der Waals surface area contributed by atoms with Gasteiger partial charge in [0.25, 0.3) is 0 Å². The van der Waals surface area contributed by atoms with E-state index in [2.05, 4.69) is 31.9 Å². The van der Waals surface area contributed by atoms with E-state index in [1.54, 1.807) is 11.8 Å². The van der Waals surface area contributed by atoms with Crippen molar-refractivity contribution >= 4 is 24.1 Å². The zero-order chi connectivity index (χ0) is 10.8. The van der Waals surface area contributed by atoms with Crippen molar-refractivity contribution < 1.29 is 4.65 Å². The monoisotopic (exact) mass is 221 g/mol. The lowest BCUT2D eigenvalue weighted by Gasteiger charge is -2.09. The van der Waals surface area contributed by atoms with E-state index in [1.807, 2.05) is 0 Å². The van der Waals surface area contributed by atoms with E-state index in [0.717, 1.165) is 6.42 Å². The Morgan fingerprint density at radius 1 is 1.53 bits per heavy atom. The van der Waals surface area contributed by atoms with Crippen molar-refractivity contribution in [3.05, 3.63) is 23.8 Å². The van der Waals surface area contributed by atoms with Crippen molar-refractivity contribution in [1.29, 1.82) is 0 Å². The van der Waals surface area contributed by atoms with Crippen molar-refractivity contribution in [3.63, 3.8) is 0 Å². The lowest BCUT2D eigenvalue weighted by Crippen LogP contribution is -2.26. The molecule has 0 bridgehead atoms. The van der Waals surface area contributed by atoms with Gasteiger partial charge in [-0.3, -0.25) is 0 Å². The number of nitrogens with two attached hydrogens (primary N) is 1. The van der Waals surface area contributed by atoms with Crippen molar-refractivity contribution in [2.45, 2.75) is 31.2 Å². The molecule has 1 aromatic carbocycles. The molecule has 2 rings (SSSR count). The molecule has 0 spiro atoms. The van der Waals surface area contributed by atoms with Gasteiger partial charge in [-0.05, 0) is 23.5 Å². The molecule has 2 nitrogen and oxygen atoms in total. The van der Waals surface area contributed by atoms with Crippen LogP contribution in [0.25, 0.3) is 0 Å². The average Bonchev–Trinajstić information content (AvgIpc) is 2.57. The van der Waals surface area contributed by atoms with Crippen LogP contribution in [-0.4, -0.2) is 12.8 Å². The summed E-state index contributed by atoms with van der Waals surface area (Å²) in [6, 6.07) is 6.41. The molecule has 15 heavy (non-hydrogen) atoms. The summed E-state index contributed by atoms with van der Waals surface area (Å²) in [4.78, 5) is 1.28. The lowest BCUT2D eigenvalue weighted by molar-refractivity contribution is 0.221. The van der Waals surface area contributed by atoms with E-state index in [1.165, 1.54) is 15.9 Å². The second kappa shape index (κ2) is 4.60. The number of hydrogen-bond donors (Lipinski definition) is 1. The smallest absolute Gasteiger partial charge is 0.325 e. The Hall–Kier alpha value is -0.445. The Kier molecular flexibility index (Phi) is 3.39. The molecule has 1 aliphatic rings. The van der Waals surface area contributed by atoms with E-state index in [4.69, 9.17) is 10.4 Å². The summed E-state index contributed by atoms with van der Waals surface area (Å²) in [5.41, 5.74) is 8.29. The van der Waals surface area contributed by atoms with Crippen LogP contribution in [-0.2, 0) is 4.65 Å². The molecule has 4 heteroatoms. The predicted molar refractivity (Wildman–Crippen MR) is 66.7 cm³/mol. The number of fused-ring (bicyclic) bond motifs is 1. The van der Waals surface area contributed by atoms with Gasteiger partial charge in [0.15, 0.2) is 0 Å². The first kappa shape index (κ1) is 11.1. The highest BCUT2D eigenvalue weighted by atomic mass is 32.2. The Balaban J connectivity index is 2.42. The first-order chi connectivity index (χ1) is 7.27. The highest BCUT2D eigenvalue weighted by molar-refractivity contribution is 7.99. The van der Waals surface area contributed by atoms with Crippen molar-refractivity contribution in [3.8, 4) is 0 Å². The van der Waals surface area contributed by atoms with Crippen molar-refractivity contribution in [1.82, 2.24) is 0 Å². The summed E-state index contributed by atoms with van der Waals surface area (Å²) in [7, 11) is 0. The molecular formula is C11H16BNOS. The van der Waals surface area contributed by atoms with E-state index in [-0.39, 0.29) is 13.0 Å². The topological polar surface area (TPSA) is 35.2 Å². The van der Waals surface area contributed by atoms with Gasteiger partial charge < -0.3 is 10.4 Å². The molecule has 1 unspecified atom stereocenters. The van der Waals surface area contributed by atoms with Gasteiger partial charge in [0.05, 0.1) is 6.10 Å². The molecular weight excluding hydrogens is 205 g/mol. The molecule has 0 saturated carbocycles. The maximum atomic E-state index is 5.91. The lowest BCUT2D eigenvalue weighted by atomic mass is 9.64. The first-order valence-electron chi connectivity index (χ1n) is 5.39. The molecule has 80 valence electrons. The van der Waals surface area contributed by atoms with E-state index < -0.39 is 0 Å². The van der Waals surface area contributed by atoms with Gasteiger partial charge >= 0.3 is 6.92 Å².